The van der Waals surface area contributed by atoms with Crippen molar-refractivity contribution in [1.29, 1.82) is 0 Å². The number of carboxylic acid groups (broad SMARTS) is 1. The molecule has 0 radical (unpaired) electrons. The Morgan fingerprint density at radius 1 is 1.31 bits per heavy atom. The van der Waals surface area contributed by atoms with E-state index in [1.807, 2.05) is 0 Å². The van der Waals surface area contributed by atoms with Crippen molar-refractivity contribution in [3.63, 3.8) is 0 Å². The van der Waals surface area contributed by atoms with Crippen molar-refractivity contribution in [3.8, 4) is 5.75 Å². The minimum Gasteiger partial charge on any atom is -0.508 e. The Labute approximate surface area is 93.4 Å². The molecule has 16 heavy (non-hydrogen) atoms. The Morgan fingerprint density at radius 2 is 1.94 bits per heavy atom. The molecule has 1 aromatic carbocycles. The predicted octanol–water partition coefficient (Wildman–Crippen LogP) is -0.0302. The second-order valence-corrected chi connectivity index (χ2v) is 3.44. The van der Waals surface area contributed by atoms with Gasteiger partial charge in [0.15, 0.2) is 0 Å². The van der Waals surface area contributed by atoms with Crippen molar-refractivity contribution in [1.82, 2.24) is 5.32 Å². The number of carbonyl (C=O) groups is 1. The molecule has 0 aromatic heterocycles. The Hall–Kier alpha value is -1.59. The molecular formula is C11H15NO4. The highest BCUT2D eigenvalue weighted by atomic mass is 16.4. The highest BCUT2D eigenvalue weighted by Crippen LogP contribution is 2.09. The van der Waals surface area contributed by atoms with Crippen LogP contribution in [0.2, 0.25) is 0 Å². The molecule has 0 aliphatic rings. The Balaban J connectivity index is 2.35. The molecule has 0 aliphatic carbocycles. The topological polar surface area (TPSA) is 89.8 Å². The van der Waals surface area contributed by atoms with Crippen molar-refractivity contribution >= 4 is 5.97 Å². The standard InChI is InChI=1S/C11H15NO4/c13-7-10(11(15)16)12-6-5-8-1-3-9(14)4-2-8/h1-4,10,12-14H,5-7H2,(H,15,16)/t10-/m0/s1. The van der Waals surface area contributed by atoms with E-state index in [-0.39, 0.29) is 5.75 Å². The first-order valence-corrected chi connectivity index (χ1v) is 4.98. The molecular weight excluding hydrogens is 210 g/mol. The fraction of sp³-hybridized carbons (Fsp3) is 0.364. The van der Waals surface area contributed by atoms with E-state index in [0.29, 0.717) is 13.0 Å². The summed E-state index contributed by atoms with van der Waals surface area (Å²) >= 11 is 0. The van der Waals surface area contributed by atoms with Crippen molar-refractivity contribution in [2.75, 3.05) is 13.2 Å². The van der Waals surface area contributed by atoms with E-state index in [1.54, 1.807) is 24.3 Å². The van der Waals surface area contributed by atoms with E-state index >= 15 is 0 Å². The van der Waals surface area contributed by atoms with E-state index in [1.165, 1.54) is 0 Å². The van der Waals surface area contributed by atoms with E-state index < -0.39 is 18.6 Å². The van der Waals surface area contributed by atoms with Crippen molar-refractivity contribution in [3.05, 3.63) is 29.8 Å². The first-order chi connectivity index (χ1) is 7.63. The van der Waals surface area contributed by atoms with Crippen LogP contribution in [0.3, 0.4) is 0 Å². The number of rotatable bonds is 6. The summed E-state index contributed by atoms with van der Waals surface area (Å²) in [5.41, 5.74) is 0.993. The SMILES string of the molecule is O=C(O)[C@H](CO)NCCc1ccc(O)cc1. The zero-order chi connectivity index (χ0) is 12.0. The maximum absolute atomic E-state index is 10.6. The van der Waals surface area contributed by atoms with Gasteiger partial charge in [-0.2, -0.15) is 0 Å². The number of aliphatic hydroxyl groups excluding tert-OH is 1. The van der Waals surface area contributed by atoms with Gasteiger partial charge in [-0.3, -0.25) is 4.79 Å². The van der Waals surface area contributed by atoms with Crippen LogP contribution >= 0.6 is 0 Å². The maximum atomic E-state index is 10.6. The van der Waals surface area contributed by atoms with Crippen LogP contribution in [0.15, 0.2) is 24.3 Å². The fourth-order valence-electron chi connectivity index (χ4n) is 1.28. The molecule has 1 rings (SSSR count). The van der Waals surface area contributed by atoms with Crippen molar-refractivity contribution < 1.29 is 20.1 Å². The van der Waals surface area contributed by atoms with Crippen LogP contribution in [0.4, 0.5) is 0 Å². The lowest BCUT2D eigenvalue weighted by molar-refractivity contribution is -0.140. The van der Waals surface area contributed by atoms with Gasteiger partial charge in [-0.05, 0) is 24.1 Å². The molecule has 0 saturated heterocycles. The average molecular weight is 225 g/mol. The third-order valence-corrected chi connectivity index (χ3v) is 2.22. The number of aliphatic carboxylic acids is 1. The molecule has 0 amide bonds. The third kappa shape index (κ3) is 3.88. The largest absolute Gasteiger partial charge is 0.508 e. The lowest BCUT2D eigenvalue weighted by Gasteiger charge is -2.11. The van der Waals surface area contributed by atoms with E-state index in [2.05, 4.69) is 5.32 Å². The summed E-state index contributed by atoms with van der Waals surface area (Å²) in [4.78, 5) is 10.6. The van der Waals surface area contributed by atoms with Gasteiger partial charge >= 0.3 is 5.97 Å². The highest BCUT2D eigenvalue weighted by molar-refractivity contribution is 5.73. The second kappa shape index (κ2) is 6.09. The van der Waals surface area contributed by atoms with Gasteiger partial charge < -0.3 is 20.6 Å². The zero-order valence-corrected chi connectivity index (χ0v) is 8.76. The minimum absolute atomic E-state index is 0.204. The Bertz CT molecular complexity index is 336. The summed E-state index contributed by atoms with van der Waals surface area (Å²) in [5.74, 6) is -0.858. The Morgan fingerprint density at radius 3 is 2.44 bits per heavy atom. The van der Waals surface area contributed by atoms with Gasteiger partial charge in [0.05, 0.1) is 6.61 Å². The molecule has 1 atom stereocenters. The molecule has 88 valence electrons. The van der Waals surface area contributed by atoms with Gasteiger partial charge in [-0.1, -0.05) is 12.1 Å². The number of carboxylic acids is 1. The first-order valence-electron chi connectivity index (χ1n) is 4.98. The zero-order valence-electron chi connectivity index (χ0n) is 8.76. The number of aliphatic hydroxyl groups is 1. The summed E-state index contributed by atoms with van der Waals surface area (Å²) in [6.45, 7) is 0.0349. The van der Waals surface area contributed by atoms with Gasteiger partial charge in [-0.15, -0.1) is 0 Å². The van der Waals surface area contributed by atoms with E-state index in [4.69, 9.17) is 15.3 Å². The summed E-state index contributed by atoms with van der Waals surface area (Å²) in [6, 6.07) is 5.78. The summed E-state index contributed by atoms with van der Waals surface area (Å²) in [6.07, 6.45) is 0.643. The molecule has 0 spiro atoms. The van der Waals surface area contributed by atoms with Gasteiger partial charge in [0.2, 0.25) is 0 Å². The van der Waals surface area contributed by atoms with Crippen LogP contribution < -0.4 is 5.32 Å². The molecule has 0 unspecified atom stereocenters. The number of benzene rings is 1. The lowest BCUT2D eigenvalue weighted by Crippen LogP contribution is -2.40. The van der Waals surface area contributed by atoms with Crippen molar-refractivity contribution in [2.24, 2.45) is 0 Å². The fourth-order valence-corrected chi connectivity index (χ4v) is 1.28. The molecule has 5 heteroatoms. The van der Waals surface area contributed by atoms with E-state index in [0.717, 1.165) is 5.56 Å². The van der Waals surface area contributed by atoms with Crippen LogP contribution in [0.5, 0.6) is 5.75 Å². The first kappa shape index (κ1) is 12.5. The highest BCUT2D eigenvalue weighted by Gasteiger charge is 2.14. The molecule has 4 N–H and O–H groups in total. The van der Waals surface area contributed by atoms with Gasteiger partial charge in [-0.25, -0.2) is 0 Å². The lowest BCUT2D eigenvalue weighted by atomic mass is 10.1. The van der Waals surface area contributed by atoms with Gasteiger partial charge in [0.1, 0.15) is 11.8 Å². The number of hydrogen-bond donors (Lipinski definition) is 4. The third-order valence-electron chi connectivity index (χ3n) is 2.22. The summed E-state index contributed by atoms with van der Waals surface area (Å²) < 4.78 is 0. The van der Waals surface area contributed by atoms with Crippen LogP contribution in [-0.2, 0) is 11.2 Å². The smallest absolute Gasteiger partial charge is 0.323 e. The summed E-state index contributed by atoms with van der Waals surface area (Å²) in [7, 11) is 0. The number of nitrogens with one attached hydrogen (secondary N) is 1. The number of phenolic OH excluding ortho intramolecular Hbond substituents is 1. The number of aromatic hydroxyl groups is 1. The quantitative estimate of drug-likeness (QED) is 0.546. The molecule has 0 fully saturated rings. The van der Waals surface area contributed by atoms with Crippen molar-refractivity contribution in [2.45, 2.75) is 12.5 Å². The average Bonchev–Trinajstić information content (AvgIpc) is 2.26. The van der Waals surface area contributed by atoms with Crippen LogP contribution in [0.25, 0.3) is 0 Å². The van der Waals surface area contributed by atoms with Gasteiger partial charge in [0.25, 0.3) is 0 Å². The molecule has 0 heterocycles. The second-order valence-electron chi connectivity index (χ2n) is 3.44. The predicted molar refractivity (Wildman–Crippen MR) is 58.3 cm³/mol. The van der Waals surface area contributed by atoms with Crippen LogP contribution in [0.1, 0.15) is 5.56 Å². The minimum atomic E-state index is -1.06. The van der Waals surface area contributed by atoms with Gasteiger partial charge in [0, 0.05) is 6.54 Å². The number of hydrogen-bond acceptors (Lipinski definition) is 4. The Kier molecular flexibility index (Phi) is 4.75. The monoisotopic (exact) mass is 225 g/mol. The van der Waals surface area contributed by atoms with Crippen LogP contribution in [0, 0.1) is 0 Å². The normalized spacial score (nSPS) is 12.3. The summed E-state index contributed by atoms with van der Waals surface area (Å²) in [5, 5.41) is 29.2. The molecule has 1 aromatic rings. The maximum Gasteiger partial charge on any atom is 0.323 e. The molecule has 0 aliphatic heterocycles. The van der Waals surface area contributed by atoms with Crippen LogP contribution in [-0.4, -0.2) is 40.5 Å². The number of phenols is 1. The molecule has 0 bridgehead atoms. The van der Waals surface area contributed by atoms with E-state index in [9.17, 15) is 4.79 Å². The molecule has 0 saturated carbocycles. The molecule has 5 nitrogen and oxygen atoms in total.